The molecule has 0 aliphatic carbocycles. The molecule has 1 N–H and O–H groups in total. The van der Waals surface area contributed by atoms with Crippen molar-refractivity contribution in [3.63, 3.8) is 0 Å². The summed E-state index contributed by atoms with van der Waals surface area (Å²) in [5.41, 5.74) is 0. The van der Waals surface area contributed by atoms with Gasteiger partial charge in [-0.25, -0.2) is 8.42 Å². The molecule has 0 aromatic rings. The Morgan fingerprint density at radius 1 is 1.48 bits per heavy atom. The molecule has 5 nitrogen and oxygen atoms in total. The molecule has 1 unspecified atom stereocenters. The fourth-order valence-electron chi connectivity index (χ4n) is 2.03. The Labute approximate surface area is 133 Å². The number of guanidine groups is 1. The summed E-state index contributed by atoms with van der Waals surface area (Å²) in [7, 11) is -1.35. The highest BCUT2D eigenvalue weighted by Gasteiger charge is 2.31. The Morgan fingerprint density at radius 2 is 2.10 bits per heavy atom. The van der Waals surface area contributed by atoms with Gasteiger partial charge < -0.3 is 10.2 Å². The molecule has 0 radical (unpaired) electrons. The van der Waals surface area contributed by atoms with E-state index in [1.807, 2.05) is 11.8 Å². The van der Waals surface area contributed by atoms with Crippen LogP contribution in [0.15, 0.2) is 4.99 Å². The average Bonchev–Trinajstić information content (AvgIpc) is 2.38. The highest BCUT2D eigenvalue weighted by molar-refractivity contribution is 8.00. The van der Waals surface area contributed by atoms with Gasteiger partial charge in [-0.2, -0.15) is 11.8 Å². The van der Waals surface area contributed by atoms with Gasteiger partial charge in [-0.15, -0.1) is 0 Å². The summed E-state index contributed by atoms with van der Waals surface area (Å²) < 4.78 is 22.7. The lowest BCUT2D eigenvalue weighted by molar-refractivity contribution is 0.379. The molecule has 1 fully saturated rings. The largest absolute Gasteiger partial charge is 0.355 e. The van der Waals surface area contributed by atoms with Crippen molar-refractivity contribution in [2.45, 2.75) is 37.7 Å². The van der Waals surface area contributed by atoms with E-state index in [9.17, 15) is 8.42 Å². The average molecular weight is 336 g/mol. The summed E-state index contributed by atoms with van der Waals surface area (Å²) in [6.07, 6.45) is 1.28. The van der Waals surface area contributed by atoms with Gasteiger partial charge in [0.2, 0.25) is 0 Å². The summed E-state index contributed by atoms with van der Waals surface area (Å²) in [6, 6.07) is 0. The summed E-state index contributed by atoms with van der Waals surface area (Å²) in [5.74, 6) is 2.51. The van der Waals surface area contributed by atoms with Gasteiger partial charge in [0.05, 0.1) is 4.75 Å². The maximum absolute atomic E-state index is 11.8. The van der Waals surface area contributed by atoms with Crippen molar-refractivity contribution in [2.75, 3.05) is 38.7 Å². The second kappa shape index (κ2) is 7.22. The molecule has 0 aromatic heterocycles. The van der Waals surface area contributed by atoms with Crippen molar-refractivity contribution < 1.29 is 8.42 Å². The van der Waals surface area contributed by atoms with Crippen molar-refractivity contribution in [3.05, 3.63) is 0 Å². The maximum atomic E-state index is 11.8. The van der Waals surface area contributed by atoms with E-state index in [0.29, 0.717) is 17.7 Å². The lowest BCUT2D eigenvalue weighted by Gasteiger charge is -2.37. The van der Waals surface area contributed by atoms with Crippen molar-refractivity contribution in [1.29, 1.82) is 0 Å². The van der Waals surface area contributed by atoms with E-state index in [-0.39, 0.29) is 0 Å². The Morgan fingerprint density at radius 3 is 2.57 bits per heavy atom. The van der Waals surface area contributed by atoms with Gasteiger partial charge in [-0.3, -0.25) is 4.99 Å². The third kappa shape index (κ3) is 5.06. The van der Waals surface area contributed by atoms with Crippen LogP contribution < -0.4 is 5.32 Å². The Bertz CT molecular complexity index is 473. The number of hydrogen-bond donors (Lipinski definition) is 1. The normalized spacial score (nSPS) is 21.8. The molecule has 21 heavy (non-hydrogen) atoms. The first kappa shape index (κ1) is 18.6. The molecule has 1 atom stereocenters. The quantitative estimate of drug-likeness (QED) is 0.622. The molecular weight excluding hydrogens is 306 g/mol. The highest BCUT2D eigenvalue weighted by Crippen LogP contribution is 2.25. The monoisotopic (exact) mass is 335 g/mol. The van der Waals surface area contributed by atoms with Gasteiger partial charge in [-0.1, -0.05) is 13.8 Å². The summed E-state index contributed by atoms with van der Waals surface area (Å²) in [5, 5.41) is 3.83. The zero-order chi connectivity index (χ0) is 16.3. The van der Waals surface area contributed by atoms with Crippen molar-refractivity contribution in [1.82, 2.24) is 10.2 Å². The van der Waals surface area contributed by atoms with Gasteiger partial charge in [0.15, 0.2) is 15.8 Å². The Kier molecular flexibility index (Phi) is 6.40. The first-order valence-electron chi connectivity index (χ1n) is 7.35. The van der Waals surface area contributed by atoms with Crippen molar-refractivity contribution >= 4 is 27.6 Å². The molecule has 1 rings (SSSR count). The predicted octanol–water partition coefficient (Wildman–Crippen LogP) is 1.46. The van der Waals surface area contributed by atoms with Crippen LogP contribution in [-0.2, 0) is 9.84 Å². The molecule has 1 aliphatic rings. The third-order valence-electron chi connectivity index (χ3n) is 4.02. The molecule has 1 heterocycles. The molecule has 7 heteroatoms. The van der Waals surface area contributed by atoms with Crippen LogP contribution in [0.25, 0.3) is 0 Å². The molecular formula is C14H29N3O2S2. The van der Waals surface area contributed by atoms with E-state index in [2.05, 4.69) is 29.1 Å². The van der Waals surface area contributed by atoms with Gasteiger partial charge >= 0.3 is 0 Å². The highest BCUT2D eigenvalue weighted by atomic mass is 32.2. The van der Waals surface area contributed by atoms with Crippen LogP contribution in [0.5, 0.6) is 0 Å². The van der Waals surface area contributed by atoms with Crippen LogP contribution in [0.2, 0.25) is 0 Å². The third-order valence-corrected chi connectivity index (χ3v) is 7.72. The summed E-state index contributed by atoms with van der Waals surface area (Å²) in [6.45, 7) is 10.2. The van der Waals surface area contributed by atoms with Gasteiger partial charge in [-0.05, 0) is 19.8 Å². The first-order chi connectivity index (χ1) is 9.58. The molecule has 0 saturated carbocycles. The van der Waals surface area contributed by atoms with Crippen molar-refractivity contribution in [3.8, 4) is 0 Å². The van der Waals surface area contributed by atoms with Crippen LogP contribution in [0, 0.1) is 5.92 Å². The minimum Gasteiger partial charge on any atom is -0.355 e. The standard InChI is InChI=1S/C14H29N3O2S2/c1-11(2)12-9-17(7-8-20-12)13(15-5)16-10-14(3,4)21(6,18)19/h11-12H,7-10H2,1-6H3,(H,15,16). The molecule has 0 aromatic carbocycles. The summed E-state index contributed by atoms with van der Waals surface area (Å²) >= 11 is 2.01. The van der Waals surface area contributed by atoms with Crippen LogP contribution in [0.4, 0.5) is 0 Å². The molecule has 0 bridgehead atoms. The second-order valence-electron chi connectivity index (χ2n) is 6.53. The minimum absolute atomic E-state index is 0.370. The zero-order valence-electron chi connectivity index (χ0n) is 14.0. The van der Waals surface area contributed by atoms with Gasteiger partial charge in [0.25, 0.3) is 0 Å². The second-order valence-corrected chi connectivity index (χ2v) is 10.5. The fraction of sp³-hybridized carbons (Fsp3) is 0.929. The van der Waals surface area contributed by atoms with E-state index in [1.54, 1.807) is 20.9 Å². The number of sulfone groups is 1. The van der Waals surface area contributed by atoms with E-state index < -0.39 is 14.6 Å². The number of nitrogens with zero attached hydrogens (tertiary/aromatic N) is 2. The number of thioether (sulfide) groups is 1. The molecule has 1 saturated heterocycles. The molecule has 124 valence electrons. The minimum atomic E-state index is -3.10. The smallest absolute Gasteiger partial charge is 0.193 e. The van der Waals surface area contributed by atoms with E-state index in [4.69, 9.17) is 0 Å². The molecule has 1 aliphatic heterocycles. The van der Waals surface area contributed by atoms with Crippen LogP contribution in [0.3, 0.4) is 0 Å². The molecule has 0 amide bonds. The zero-order valence-corrected chi connectivity index (χ0v) is 15.6. The Balaban J connectivity index is 2.68. The lowest BCUT2D eigenvalue weighted by Crippen LogP contribution is -2.52. The first-order valence-corrected chi connectivity index (χ1v) is 10.3. The van der Waals surface area contributed by atoms with Gasteiger partial charge in [0.1, 0.15) is 0 Å². The SMILES string of the molecule is CN=C(NCC(C)(C)S(C)(=O)=O)N1CCSC(C(C)C)C1. The van der Waals surface area contributed by atoms with Crippen LogP contribution in [-0.4, -0.2) is 68.0 Å². The predicted molar refractivity (Wildman–Crippen MR) is 92.9 cm³/mol. The number of nitrogens with one attached hydrogen (secondary N) is 1. The molecule has 0 spiro atoms. The van der Waals surface area contributed by atoms with Crippen LogP contribution >= 0.6 is 11.8 Å². The lowest BCUT2D eigenvalue weighted by atomic mass is 10.1. The Hall–Kier alpha value is -0.430. The number of aliphatic imine (C=N–C) groups is 1. The van der Waals surface area contributed by atoms with E-state index in [1.165, 1.54) is 6.26 Å². The summed E-state index contributed by atoms with van der Waals surface area (Å²) in [4.78, 5) is 6.55. The maximum Gasteiger partial charge on any atom is 0.193 e. The number of hydrogen-bond acceptors (Lipinski definition) is 4. The van der Waals surface area contributed by atoms with E-state index in [0.717, 1.165) is 24.8 Å². The van der Waals surface area contributed by atoms with Crippen molar-refractivity contribution in [2.24, 2.45) is 10.9 Å². The topological polar surface area (TPSA) is 61.8 Å². The number of rotatable bonds is 4. The van der Waals surface area contributed by atoms with Gasteiger partial charge in [0, 0.05) is 43.9 Å². The van der Waals surface area contributed by atoms with E-state index >= 15 is 0 Å². The fourth-order valence-corrected chi connectivity index (χ4v) is 3.66. The van der Waals surface area contributed by atoms with Crippen LogP contribution in [0.1, 0.15) is 27.7 Å².